The van der Waals surface area contributed by atoms with Crippen molar-refractivity contribution in [3.8, 4) is 11.5 Å². The van der Waals surface area contributed by atoms with E-state index in [1.807, 2.05) is 36.6 Å². The van der Waals surface area contributed by atoms with E-state index in [4.69, 9.17) is 14.2 Å². The molecule has 0 radical (unpaired) electrons. The average Bonchev–Trinajstić information content (AvgIpc) is 3.41. The predicted molar refractivity (Wildman–Crippen MR) is 128 cm³/mol. The standard InChI is InChI=1S/C25H26N2O7S/c1-16-11-21(17(2)27(16)13-18-5-10-23-24(12-18)34-15-33-23)22(28)14-32-25(29)19-6-8-20(9-7-19)35(30,31)26(3)4/h5-12H,13-15H2,1-4H3. The summed E-state index contributed by atoms with van der Waals surface area (Å²) < 4.78 is 43.4. The number of hydrogen-bond donors (Lipinski definition) is 0. The van der Waals surface area contributed by atoms with Gasteiger partial charge in [-0.25, -0.2) is 17.5 Å². The molecule has 0 bridgehead atoms. The molecule has 0 fully saturated rings. The van der Waals surface area contributed by atoms with Crippen LogP contribution in [0.5, 0.6) is 11.5 Å². The van der Waals surface area contributed by atoms with Gasteiger partial charge in [0.2, 0.25) is 22.6 Å². The van der Waals surface area contributed by atoms with Gasteiger partial charge in [0.1, 0.15) is 0 Å². The normalized spacial score (nSPS) is 12.7. The molecule has 0 spiro atoms. The lowest BCUT2D eigenvalue weighted by Crippen LogP contribution is -2.22. The monoisotopic (exact) mass is 498 g/mol. The van der Waals surface area contributed by atoms with Crippen LogP contribution >= 0.6 is 0 Å². The molecule has 10 heteroatoms. The number of rotatable bonds is 8. The molecule has 0 unspecified atom stereocenters. The first-order chi connectivity index (χ1) is 16.6. The van der Waals surface area contributed by atoms with Gasteiger partial charge in [-0.2, -0.15) is 0 Å². The molecule has 3 aromatic rings. The Morgan fingerprint density at radius 1 is 1.00 bits per heavy atom. The summed E-state index contributed by atoms with van der Waals surface area (Å²) in [6.45, 7) is 4.08. The van der Waals surface area contributed by atoms with Gasteiger partial charge in [-0.3, -0.25) is 4.79 Å². The van der Waals surface area contributed by atoms with Gasteiger partial charge in [0, 0.05) is 37.6 Å². The largest absolute Gasteiger partial charge is 0.454 e. The maximum absolute atomic E-state index is 12.8. The van der Waals surface area contributed by atoms with E-state index >= 15 is 0 Å². The SMILES string of the molecule is Cc1cc(C(=O)COC(=O)c2ccc(S(=O)(=O)N(C)C)cc2)c(C)n1Cc1ccc2c(c1)OCO2. The number of aryl methyl sites for hydroxylation is 1. The summed E-state index contributed by atoms with van der Waals surface area (Å²) in [5.41, 5.74) is 3.29. The second kappa shape index (κ2) is 9.55. The fraction of sp³-hybridized carbons (Fsp3) is 0.280. The zero-order chi connectivity index (χ0) is 25.3. The molecule has 1 aliphatic heterocycles. The van der Waals surface area contributed by atoms with Crippen LogP contribution < -0.4 is 9.47 Å². The molecule has 0 saturated carbocycles. The van der Waals surface area contributed by atoms with Gasteiger partial charge in [-0.1, -0.05) is 6.07 Å². The van der Waals surface area contributed by atoms with Crippen molar-refractivity contribution in [3.63, 3.8) is 0 Å². The summed E-state index contributed by atoms with van der Waals surface area (Å²) in [6, 6.07) is 12.9. The number of benzene rings is 2. The van der Waals surface area contributed by atoms with Gasteiger partial charge in [-0.05, 0) is 61.9 Å². The Bertz CT molecular complexity index is 1390. The van der Waals surface area contributed by atoms with Crippen LogP contribution in [-0.2, 0) is 21.3 Å². The van der Waals surface area contributed by atoms with Crippen LogP contribution in [0.25, 0.3) is 0 Å². The van der Waals surface area contributed by atoms with E-state index in [0.29, 0.717) is 23.6 Å². The highest BCUT2D eigenvalue weighted by atomic mass is 32.2. The lowest BCUT2D eigenvalue weighted by Gasteiger charge is -2.11. The van der Waals surface area contributed by atoms with Crippen molar-refractivity contribution >= 4 is 21.8 Å². The Labute approximate surface area is 203 Å². The fourth-order valence-corrected chi connectivity index (χ4v) is 4.72. The summed E-state index contributed by atoms with van der Waals surface area (Å²) in [6.07, 6.45) is 0. The second-order valence-corrected chi connectivity index (χ2v) is 10.5. The topological polar surface area (TPSA) is 104 Å². The zero-order valence-electron chi connectivity index (χ0n) is 19.9. The number of aromatic nitrogens is 1. The fourth-order valence-electron chi connectivity index (χ4n) is 3.81. The maximum Gasteiger partial charge on any atom is 0.338 e. The first-order valence-corrected chi connectivity index (χ1v) is 12.3. The Balaban J connectivity index is 1.42. The minimum Gasteiger partial charge on any atom is -0.454 e. The molecular formula is C25H26N2O7S. The molecule has 0 aliphatic carbocycles. The predicted octanol–water partition coefficient (Wildman–Crippen LogP) is 3.17. The smallest absolute Gasteiger partial charge is 0.338 e. The highest BCUT2D eigenvalue weighted by Crippen LogP contribution is 2.33. The van der Waals surface area contributed by atoms with Crippen molar-refractivity contribution in [1.29, 1.82) is 0 Å². The van der Waals surface area contributed by atoms with Crippen molar-refractivity contribution in [2.75, 3.05) is 27.5 Å². The Kier molecular flexibility index (Phi) is 6.68. The number of hydrogen-bond acceptors (Lipinski definition) is 7. The van der Waals surface area contributed by atoms with E-state index in [2.05, 4.69) is 0 Å². The Morgan fingerprint density at radius 3 is 2.37 bits per heavy atom. The molecule has 2 heterocycles. The lowest BCUT2D eigenvalue weighted by molar-refractivity contribution is 0.0474. The molecule has 1 aromatic heterocycles. The van der Waals surface area contributed by atoms with Crippen LogP contribution in [0, 0.1) is 13.8 Å². The van der Waals surface area contributed by atoms with Crippen LogP contribution in [0.2, 0.25) is 0 Å². The van der Waals surface area contributed by atoms with Gasteiger partial charge in [0.15, 0.2) is 18.1 Å². The van der Waals surface area contributed by atoms with E-state index in [0.717, 1.165) is 21.3 Å². The average molecular weight is 499 g/mol. The van der Waals surface area contributed by atoms with Gasteiger partial charge in [-0.15, -0.1) is 0 Å². The van der Waals surface area contributed by atoms with E-state index in [1.54, 1.807) is 6.07 Å². The summed E-state index contributed by atoms with van der Waals surface area (Å²) in [5.74, 6) is 0.373. The van der Waals surface area contributed by atoms with Crippen LogP contribution in [0.1, 0.15) is 37.7 Å². The molecule has 0 saturated heterocycles. The van der Waals surface area contributed by atoms with Gasteiger partial charge in [0.05, 0.1) is 10.5 Å². The number of nitrogens with zero attached hydrogens (tertiary/aromatic N) is 2. The van der Waals surface area contributed by atoms with Crippen molar-refractivity contribution in [2.24, 2.45) is 0 Å². The molecule has 4 rings (SSSR count). The molecule has 0 N–H and O–H groups in total. The Morgan fingerprint density at radius 2 is 1.69 bits per heavy atom. The van der Waals surface area contributed by atoms with E-state index in [-0.39, 0.29) is 23.0 Å². The summed E-state index contributed by atoms with van der Waals surface area (Å²) in [7, 11) is -0.750. The molecule has 1 aliphatic rings. The molecule has 9 nitrogen and oxygen atoms in total. The Hall–Kier alpha value is -3.63. The van der Waals surface area contributed by atoms with Crippen molar-refractivity contribution < 1.29 is 32.2 Å². The first kappa shape index (κ1) is 24.5. The summed E-state index contributed by atoms with van der Waals surface area (Å²) >= 11 is 0. The third kappa shape index (κ3) is 4.94. The third-order valence-corrected chi connectivity index (χ3v) is 7.68. The van der Waals surface area contributed by atoms with Crippen LogP contribution in [0.4, 0.5) is 0 Å². The molecule has 0 atom stereocenters. The number of carbonyl (C=O) groups excluding carboxylic acids is 2. The van der Waals surface area contributed by atoms with Crippen molar-refractivity contribution in [2.45, 2.75) is 25.3 Å². The maximum atomic E-state index is 12.8. The summed E-state index contributed by atoms with van der Waals surface area (Å²) in [4.78, 5) is 25.3. The number of ether oxygens (including phenoxy) is 3. The number of Topliss-reactive ketones (excluding diaryl/α,β-unsaturated/α-hetero) is 1. The lowest BCUT2D eigenvalue weighted by atomic mass is 10.1. The van der Waals surface area contributed by atoms with Gasteiger partial charge < -0.3 is 18.8 Å². The van der Waals surface area contributed by atoms with Crippen LogP contribution in [-0.4, -0.2) is 56.5 Å². The van der Waals surface area contributed by atoms with Crippen molar-refractivity contribution in [1.82, 2.24) is 8.87 Å². The first-order valence-electron chi connectivity index (χ1n) is 10.9. The van der Waals surface area contributed by atoms with E-state index < -0.39 is 22.6 Å². The number of fused-ring (bicyclic) bond motifs is 1. The van der Waals surface area contributed by atoms with Crippen LogP contribution in [0.15, 0.2) is 53.4 Å². The summed E-state index contributed by atoms with van der Waals surface area (Å²) in [5, 5.41) is 0. The molecule has 184 valence electrons. The molecule has 2 aromatic carbocycles. The third-order valence-electron chi connectivity index (χ3n) is 5.85. The van der Waals surface area contributed by atoms with Crippen LogP contribution in [0.3, 0.4) is 0 Å². The minimum atomic E-state index is -3.60. The number of esters is 1. The number of carbonyl (C=O) groups is 2. The van der Waals surface area contributed by atoms with Gasteiger partial charge >= 0.3 is 5.97 Å². The molecule has 35 heavy (non-hydrogen) atoms. The molecule has 0 amide bonds. The number of sulfonamides is 1. The van der Waals surface area contributed by atoms with E-state index in [1.165, 1.54) is 38.4 Å². The molecular weight excluding hydrogens is 472 g/mol. The van der Waals surface area contributed by atoms with E-state index in [9.17, 15) is 18.0 Å². The second-order valence-electron chi connectivity index (χ2n) is 8.37. The van der Waals surface area contributed by atoms with Gasteiger partial charge in [0.25, 0.3) is 0 Å². The highest BCUT2D eigenvalue weighted by molar-refractivity contribution is 7.89. The minimum absolute atomic E-state index is 0.0602. The highest BCUT2D eigenvalue weighted by Gasteiger charge is 2.21. The van der Waals surface area contributed by atoms with Crippen molar-refractivity contribution in [3.05, 3.63) is 76.6 Å². The quantitative estimate of drug-likeness (QED) is 0.347. The number of ketones is 1. The zero-order valence-corrected chi connectivity index (χ0v) is 20.7.